The molecule has 5 rings (SSSR count). The molecule has 3 aliphatic rings. The molecule has 6 heteroatoms. The Bertz CT molecular complexity index is 845. The Labute approximate surface area is 159 Å². The number of fused-ring (bicyclic) bond motifs is 4. The minimum Gasteiger partial charge on any atom is -0.341 e. The SMILES string of the molecule is CCCN1C(=O)[C@@H]2CC[C@H]1CN(C(=O)c1nc(-c3ccccc3)[nH]c1C)C2. The number of carbonyl (C=O) groups is 2. The minimum absolute atomic E-state index is 0.0750. The number of hydrogen-bond acceptors (Lipinski definition) is 3. The van der Waals surface area contributed by atoms with Crippen LogP contribution >= 0.6 is 0 Å². The van der Waals surface area contributed by atoms with E-state index in [1.54, 1.807) is 0 Å². The summed E-state index contributed by atoms with van der Waals surface area (Å²) in [7, 11) is 0. The Morgan fingerprint density at radius 1 is 1.22 bits per heavy atom. The molecule has 27 heavy (non-hydrogen) atoms. The highest BCUT2D eigenvalue weighted by Gasteiger charge is 2.42. The standard InChI is InChI=1S/C21H26N4O2/c1-3-11-25-17-10-9-16(20(25)26)12-24(13-17)21(27)18-14(2)22-19(23-18)15-7-5-4-6-8-15/h4-8,16-17H,3,9-13H2,1-2H3,(H,22,23)/t16-,17+/m1/s1. The Morgan fingerprint density at radius 3 is 2.74 bits per heavy atom. The Balaban J connectivity index is 1.59. The summed E-state index contributed by atoms with van der Waals surface area (Å²) in [6.07, 6.45) is 2.80. The first-order chi connectivity index (χ1) is 13.1. The number of benzene rings is 1. The van der Waals surface area contributed by atoms with Gasteiger partial charge in [0, 0.05) is 36.9 Å². The smallest absolute Gasteiger partial charge is 0.274 e. The maximum atomic E-state index is 13.2. The maximum Gasteiger partial charge on any atom is 0.274 e. The van der Waals surface area contributed by atoms with Gasteiger partial charge in [-0.05, 0) is 26.2 Å². The van der Waals surface area contributed by atoms with Crippen molar-refractivity contribution in [2.24, 2.45) is 5.92 Å². The number of imidazole rings is 1. The number of nitrogens with zero attached hydrogens (tertiary/aromatic N) is 3. The number of aryl methyl sites for hydroxylation is 1. The van der Waals surface area contributed by atoms with E-state index in [1.807, 2.05) is 47.1 Å². The molecule has 142 valence electrons. The summed E-state index contributed by atoms with van der Waals surface area (Å²) in [6, 6.07) is 9.94. The fourth-order valence-corrected chi connectivity index (χ4v) is 4.29. The van der Waals surface area contributed by atoms with Gasteiger partial charge < -0.3 is 14.8 Å². The van der Waals surface area contributed by atoms with E-state index in [0.29, 0.717) is 24.6 Å². The van der Waals surface area contributed by atoms with Gasteiger partial charge >= 0.3 is 0 Å². The van der Waals surface area contributed by atoms with E-state index in [1.165, 1.54) is 0 Å². The van der Waals surface area contributed by atoms with Crippen LogP contribution in [0.2, 0.25) is 0 Å². The number of rotatable bonds is 4. The zero-order valence-electron chi connectivity index (χ0n) is 15.9. The van der Waals surface area contributed by atoms with Gasteiger partial charge in [-0.3, -0.25) is 9.59 Å². The van der Waals surface area contributed by atoms with Gasteiger partial charge in [-0.2, -0.15) is 0 Å². The highest BCUT2D eigenvalue weighted by Crippen LogP contribution is 2.30. The molecule has 4 heterocycles. The third-order valence-electron chi connectivity index (χ3n) is 5.68. The van der Waals surface area contributed by atoms with E-state index in [4.69, 9.17) is 0 Å². The van der Waals surface area contributed by atoms with Gasteiger partial charge in [-0.25, -0.2) is 4.98 Å². The van der Waals surface area contributed by atoms with Gasteiger partial charge in [0.15, 0.2) is 0 Å². The van der Waals surface area contributed by atoms with Gasteiger partial charge in [-0.1, -0.05) is 37.3 Å². The largest absolute Gasteiger partial charge is 0.341 e. The van der Waals surface area contributed by atoms with Gasteiger partial charge in [-0.15, -0.1) is 0 Å². The van der Waals surface area contributed by atoms with Crippen molar-refractivity contribution in [1.82, 2.24) is 19.8 Å². The number of H-pyrrole nitrogens is 1. The van der Waals surface area contributed by atoms with E-state index in [9.17, 15) is 9.59 Å². The van der Waals surface area contributed by atoms with Crippen molar-refractivity contribution < 1.29 is 9.59 Å². The van der Waals surface area contributed by atoms with Crippen molar-refractivity contribution in [3.05, 3.63) is 41.7 Å². The van der Waals surface area contributed by atoms with E-state index >= 15 is 0 Å². The molecule has 1 aromatic carbocycles. The average Bonchev–Trinajstić information content (AvgIpc) is 2.87. The molecule has 2 bridgehead atoms. The second kappa shape index (κ2) is 7.18. The molecule has 2 aromatic rings. The molecule has 2 amide bonds. The molecule has 0 spiro atoms. The quantitative estimate of drug-likeness (QED) is 0.905. The number of carbonyl (C=O) groups excluding carboxylic acids is 2. The summed E-state index contributed by atoms with van der Waals surface area (Å²) in [6.45, 7) is 5.86. The molecule has 1 aromatic heterocycles. The van der Waals surface area contributed by atoms with Crippen LogP contribution in [-0.2, 0) is 4.79 Å². The number of piperidine rings is 1. The lowest BCUT2D eigenvalue weighted by Crippen LogP contribution is -2.48. The van der Waals surface area contributed by atoms with E-state index in [2.05, 4.69) is 16.9 Å². The number of aromatic amines is 1. The molecule has 3 fully saturated rings. The lowest BCUT2D eigenvalue weighted by Gasteiger charge is -2.35. The zero-order chi connectivity index (χ0) is 19.0. The van der Waals surface area contributed by atoms with Crippen molar-refractivity contribution in [2.75, 3.05) is 19.6 Å². The van der Waals surface area contributed by atoms with Crippen LogP contribution in [-0.4, -0.2) is 57.3 Å². The monoisotopic (exact) mass is 366 g/mol. The van der Waals surface area contributed by atoms with Crippen LogP contribution in [0, 0.1) is 12.8 Å². The van der Waals surface area contributed by atoms with Crippen LogP contribution in [0.5, 0.6) is 0 Å². The fraction of sp³-hybridized carbons (Fsp3) is 0.476. The van der Waals surface area contributed by atoms with Gasteiger partial charge in [0.05, 0.1) is 5.92 Å². The summed E-state index contributed by atoms with van der Waals surface area (Å²) in [4.78, 5) is 37.6. The Morgan fingerprint density at radius 2 is 2.00 bits per heavy atom. The van der Waals surface area contributed by atoms with Crippen molar-refractivity contribution in [2.45, 2.75) is 39.2 Å². The summed E-state index contributed by atoms with van der Waals surface area (Å²) < 4.78 is 0. The van der Waals surface area contributed by atoms with Crippen LogP contribution in [0.3, 0.4) is 0 Å². The van der Waals surface area contributed by atoms with Gasteiger partial charge in [0.25, 0.3) is 5.91 Å². The van der Waals surface area contributed by atoms with Crippen LogP contribution in [0.4, 0.5) is 0 Å². The second-order valence-electron chi connectivity index (χ2n) is 7.59. The fourth-order valence-electron chi connectivity index (χ4n) is 4.29. The molecular formula is C21H26N4O2. The molecule has 0 saturated carbocycles. The van der Waals surface area contributed by atoms with Crippen molar-refractivity contribution in [1.29, 1.82) is 0 Å². The van der Waals surface area contributed by atoms with E-state index in [-0.39, 0.29) is 23.8 Å². The predicted octanol–water partition coefficient (Wildman–Crippen LogP) is 2.86. The van der Waals surface area contributed by atoms with Crippen LogP contribution in [0.25, 0.3) is 11.4 Å². The first kappa shape index (κ1) is 17.8. The van der Waals surface area contributed by atoms with Crippen LogP contribution in [0.15, 0.2) is 30.3 Å². The Hall–Kier alpha value is -2.63. The van der Waals surface area contributed by atoms with Crippen molar-refractivity contribution in [3.63, 3.8) is 0 Å². The van der Waals surface area contributed by atoms with Crippen molar-refractivity contribution in [3.8, 4) is 11.4 Å². The topological polar surface area (TPSA) is 69.3 Å². The molecule has 0 aliphatic carbocycles. The first-order valence-corrected chi connectivity index (χ1v) is 9.80. The maximum absolute atomic E-state index is 13.2. The molecular weight excluding hydrogens is 340 g/mol. The summed E-state index contributed by atoms with van der Waals surface area (Å²) >= 11 is 0. The Kier molecular flexibility index (Phi) is 4.72. The third kappa shape index (κ3) is 3.24. The number of aromatic nitrogens is 2. The molecule has 3 aliphatic heterocycles. The van der Waals surface area contributed by atoms with E-state index < -0.39 is 0 Å². The van der Waals surface area contributed by atoms with Crippen molar-refractivity contribution >= 4 is 11.8 Å². The van der Waals surface area contributed by atoms with Gasteiger partial charge in [0.2, 0.25) is 5.91 Å². The van der Waals surface area contributed by atoms with Crippen LogP contribution < -0.4 is 0 Å². The molecule has 3 saturated heterocycles. The third-order valence-corrected chi connectivity index (χ3v) is 5.68. The van der Waals surface area contributed by atoms with E-state index in [0.717, 1.165) is 37.1 Å². The molecule has 2 atom stereocenters. The molecule has 6 nitrogen and oxygen atoms in total. The summed E-state index contributed by atoms with van der Waals surface area (Å²) in [5.74, 6) is 0.770. The lowest BCUT2D eigenvalue weighted by atomic mass is 9.94. The minimum atomic E-state index is -0.0768. The van der Waals surface area contributed by atoms with Gasteiger partial charge in [0.1, 0.15) is 11.5 Å². The number of nitrogens with one attached hydrogen (secondary N) is 1. The normalized spacial score (nSPS) is 22.2. The molecule has 0 unspecified atom stereocenters. The predicted molar refractivity (Wildman–Crippen MR) is 103 cm³/mol. The number of amides is 2. The summed E-state index contributed by atoms with van der Waals surface area (Å²) in [5, 5.41) is 0. The number of hydrogen-bond donors (Lipinski definition) is 1. The lowest BCUT2D eigenvalue weighted by molar-refractivity contribution is -0.139. The molecule has 1 N–H and O–H groups in total. The first-order valence-electron chi connectivity index (χ1n) is 9.80. The highest BCUT2D eigenvalue weighted by molar-refractivity contribution is 5.95. The second-order valence-corrected chi connectivity index (χ2v) is 7.59. The molecule has 0 radical (unpaired) electrons. The zero-order valence-corrected chi connectivity index (χ0v) is 15.9. The highest BCUT2D eigenvalue weighted by atomic mass is 16.2. The summed E-state index contributed by atoms with van der Waals surface area (Å²) in [5.41, 5.74) is 2.19. The van der Waals surface area contributed by atoms with Crippen LogP contribution in [0.1, 0.15) is 42.4 Å². The average molecular weight is 366 g/mol.